The summed E-state index contributed by atoms with van der Waals surface area (Å²) in [6.45, 7) is 3.28. The van der Waals surface area contributed by atoms with E-state index in [2.05, 4.69) is 4.90 Å². The Morgan fingerprint density at radius 2 is 2.08 bits per heavy atom. The molecule has 1 aromatic carbocycles. The van der Waals surface area contributed by atoms with Crippen LogP contribution in [0.25, 0.3) is 0 Å². The van der Waals surface area contributed by atoms with Gasteiger partial charge in [-0.05, 0) is 24.1 Å². The molecule has 2 N–H and O–H groups in total. The van der Waals surface area contributed by atoms with E-state index < -0.39 is 17.3 Å². The highest BCUT2D eigenvalue weighted by molar-refractivity contribution is 5.24. The van der Waals surface area contributed by atoms with Gasteiger partial charge in [-0.1, -0.05) is 12.1 Å². The summed E-state index contributed by atoms with van der Waals surface area (Å²) in [6, 6.07) is 6.63. The fourth-order valence-electron chi connectivity index (χ4n) is 4.52. The van der Waals surface area contributed by atoms with Gasteiger partial charge >= 0.3 is 0 Å². The van der Waals surface area contributed by atoms with Crippen molar-refractivity contribution in [1.82, 2.24) is 4.90 Å². The fourth-order valence-corrected chi connectivity index (χ4v) is 4.52. The average molecular weight is 351 g/mol. The second kappa shape index (κ2) is 6.59. The molecule has 5 nitrogen and oxygen atoms in total. The molecule has 0 aliphatic carbocycles. The van der Waals surface area contributed by atoms with Crippen molar-refractivity contribution in [2.75, 3.05) is 39.5 Å². The van der Waals surface area contributed by atoms with Crippen LogP contribution in [0.1, 0.15) is 30.7 Å². The molecule has 4 rings (SSSR count). The molecule has 0 radical (unpaired) electrons. The van der Waals surface area contributed by atoms with Crippen LogP contribution in [0.4, 0.5) is 4.39 Å². The van der Waals surface area contributed by atoms with E-state index in [4.69, 9.17) is 9.47 Å². The van der Waals surface area contributed by atoms with Crippen molar-refractivity contribution in [1.29, 1.82) is 0 Å². The number of nitrogens with zero attached hydrogens (tertiary/aromatic N) is 1. The van der Waals surface area contributed by atoms with Gasteiger partial charge in [0.15, 0.2) is 0 Å². The van der Waals surface area contributed by atoms with Crippen LogP contribution >= 0.6 is 0 Å². The number of β-amino-alcohol motifs (C(OH)–C–C–N with tert-alkyl or cyclic N) is 2. The lowest BCUT2D eigenvalue weighted by Gasteiger charge is -2.35. The molecular weight excluding hydrogens is 325 g/mol. The highest BCUT2D eigenvalue weighted by atomic mass is 19.1. The lowest BCUT2D eigenvalue weighted by atomic mass is 9.87. The van der Waals surface area contributed by atoms with Crippen LogP contribution in [0, 0.1) is 5.82 Å². The Balaban J connectivity index is 1.43. The van der Waals surface area contributed by atoms with Gasteiger partial charge < -0.3 is 19.7 Å². The third kappa shape index (κ3) is 3.46. The van der Waals surface area contributed by atoms with Crippen LogP contribution in [0.2, 0.25) is 0 Å². The van der Waals surface area contributed by atoms with Gasteiger partial charge in [0.1, 0.15) is 11.4 Å². The summed E-state index contributed by atoms with van der Waals surface area (Å²) >= 11 is 0. The molecule has 3 atom stereocenters. The standard InChI is InChI=1S/C19H26FNO4/c20-16-3-1-2-14(8-16)15-9-19(25-11-15)13-21(10-17(19)22)12-18(23)4-6-24-7-5-18/h1-3,8,15,17,22-23H,4-7,9-13H2/t15-,17+,19+/m0/s1. The number of rotatable bonds is 3. The molecule has 0 saturated carbocycles. The predicted octanol–water partition coefficient (Wildman–Crippen LogP) is 1.29. The third-order valence-corrected chi connectivity index (χ3v) is 5.96. The van der Waals surface area contributed by atoms with Crippen molar-refractivity contribution in [2.45, 2.75) is 42.5 Å². The second-order valence-corrected chi connectivity index (χ2v) is 7.85. The van der Waals surface area contributed by atoms with Crippen molar-refractivity contribution in [3.05, 3.63) is 35.6 Å². The SMILES string of the molecule is O[C@@H]1CN(CC2(O)CCOCC2)C[C@]12C[C@H](c1cccc(F)c1)CO2. The maximum atomic E-state index is 13.5. The van der Waals surface area contributed by atoms with Crippen LogP contribution in [0.15, 0.2) is 24.3 Å². The molecule has 1 spiro atoms. The molecule has 0 amide bonds. The summed E-state index contributed by atoms with van der Waals surface area (Å²) < 4.78 is 24.9. The van der Waals surface area contributed by atoms with Crippen molar-refractivity contribution < 1.29 is 24.1 Å². The maximum absolute atomic E-state index is 13.5. The van der Waals surface area contributed by atoms with Gasteiger partial charge in [0.2, 0.25) is 0 Å². The second-order valence-electron chi connectivity index (χ2n) is 7.85. The van der Waals surface area contributed by atoms with Crippen molar-refractivity contribution in [3.8, 4) is 0 Å². The minimum absolute atomic E-state index is 0.0940. The number of aliphatic hydroxyl groups is 2. The van der Waals surface area contributed by atoms with Crippen LogP contribution in [0.3, 0.4) is 0 Å². The number of hydrogen-bond donors (Lipinski definition) is 2. The lowest BCUT2D eigenvalue weighted by molar-refractivity contribution is -0.0814. The topological polar surface area (TPSA) is 62.2 Å². The van der Waals surface area contributed by atoms with Gasteiger partial charge in [0.05, 0.1) is 18.3 Å². The molecule has 3 fully saturated rings. The Labute approximate surface area is 147 Å². The predicted molar refractivity (Wildman–Crippen MR) is 89.9 cm³/mol. The summed E-state index contributed by atoms with van der Waals surface area (Å²) in [5, 5.41) is 21.4. The van der Waals surface area contributed by atoms with E-state index in [0.717, 1.165) is 5.56 Å². The van der Waals surface area contributed by atoms with Gasteiger partial charge in [0.25, 0.3) is 0 Å². The summed E-state index contributed by atoms with van der Waals surface area (Å²) in [5.74, 6) is -0.148. The monoisotopic (exact) mass is 351 g/mol. The number of halogens is 1. The average Bonchev–Trinajstić information content (AvgIpc) is 3.12. The number of aliphatic hydroxyl groups excluding tert-OH is 1. The molecule has 0 aromatic heterocycles. The zero-order chi connectivity index (χ0) is 17.5. The van der Waals surface area contributed by atoms with Crippen LogP contribution in [-0.4, -0.2) is 71.9 Å². The molecule has 3 aliphatic rings. The van der Waals surface area contributed by atoms with E-state index in [0.29, 0.717) is 58.7 Å². The van der Waals surface area contributed by atoms with E-state index in [1.807, 2.05) is 6.07 Å². The Bertz CT molecular complexity index is 621. The molecule has 0 unspecified atom stereocenters. The summed E-state index contributed by atoms with van der Waals surface area (Å²) in [4.78, 5) is 2.10. The van der Waals surface area contributed by atoms with Crippen molar-refractivity contribution in [2.24, 2.45) is 0 Å². The van der Waals surface area contributed by atoms with Gasteiger partial charge in [-0.15, -0.1) is 0 Å². The number of benzene rings is 1. The summed E-state index contributed by atoms with van der Waals surface area (Å²) in [7, 11) is 0. The largest absolute Gasteiger partial charge is 0.389 e. The van der Waals surface area contributed by atoms with Gasteiger partial charge in [-0.25, -0.2) is 4.39 Å². The Kier molecular flexibility index (Phi) is 4.58. The summed E-state index contributed by atoms with van der Waals surface area (Å²) in [5.41, 5.74) is -0.437. The minimum Gasteiger partial charge on any atom is -0.389 e. The van der Waals surface area contributed by atoms with E-state index in [1.54, 1.807) is 12.1 Å². The van der Waals surface area contributed by atoms with Crippen LogP contribution < -0.4 is 0 Å². The van der Waals surface area contributed by atoms with Gasteiger partial charge in [0, 0.05) is 51.6 Å². The maximum Gasteiger partial charge on any atom is 0.123 e. The first kappa shape index (κ1) is 17.4. The van der Waals surface area contributed by atoms with Gasteiger partial charge in [-0.2, -0.15) is 0 Å². The molecule has 1 aromatic rings. The number of ether oxygens (including phenoxy) is 2. The molecule has 138 valence electrons. The van der Waals surface area contributed by atoms with E-state index in [-0.39, 0.29) is 11.7 Å². The first-order valence-electron chi connectivity index (χ1n) is 9.08. The first-order valence-corrected chi connectivity index (χ1v) is 9.08. The zero-order valence-electron chi connectivity index (χ0n) is 14.4. The molecule has 3 heterocycles. The normalized spacial score (nSPS) is 35.5. The Morgan fingerprint density at radius 3 is 2.84 bits per heavy atom. The first-order chi connectivity index (χ1) is 12.0. The zero-order valence-corrected chi connectivity index (χ0v) is 14.4. The highest BCUT2D eigenvalue weighted by Gasteiger charge is 2.53. The van der Waals surface area contributed by atoms with Crippen LogP contribution in [-0.2, 0) is 9.47 Å². The van der Waals surface area contributed by atoms with E-state index >= 15 is 0 Å². The molecule has 0 bridgehead atoms. The number of likely N-dealkylation sites (tertiary alicyclic amines) is 1. The molecule has 3 aliphatic heterocycles. The Hall–Kier alpha value is -1.05. The molecule has 25 heavy (non-hydrogen) atoms. The van der Waals surface area contributed by atoms with E-state index in [1.165, 1.54) is 6.07 Å². The highest BCUT2D eigenvalue weighted by Crippen LogP contribution is 2.43. The van der Waals surface area contributed by atoms with Crippen molar-refractivity contribution in [3.63, 3.8) is 0 Å². The number of hydrogen-bond acceptors (Lipinski definition) is 5. The van der Waals surface area contributed by atoms with Crippen LogP contribution in [0.5, 0.6) is 0 Å². The Morgan fingerprint density at radius 1 is 1.28 bits per heavy atom. The quantitative estimate of drug-likeness (QED) is 0.859. The smallest absolute Gasteiger partial charge is 0.123 e. The summed E-state index contributed by atoms with van der Waals surface area (Å²) in [6.07, 6.45) is 1.34. The lowest BCUT2D eigenvalue weighted by Crippen LogP contribution is -2.47. The molecule has 3 saturated heterocycles. The minimum atomic E-state index is -0.746. The molecule has 6 heteroatoms. The van der Waals surface area contributed by atoms with E-state index in [9.17, 15) is 14.6 Å². The van der Waals surface area contributed by atoms with Gasteiger partial charge in [-0.3, -0.25) is 4.90 Å². The third-order valence-electron chi connectivity index (χ3n) is 5.96. The van der Waals surface area contributed by atoms with Crippen molar-refractivity contribution >= 4 is 0 Å². The molecular formula is C19H26FNO4. The fraction of sp³-hybridized carbons (Fsp3) is 0.684.